The smallest absolute Gasteiger partial charge is 0.409 e. The number of sulfonamides is 1. The van der Waals surface area contributed by atoms with E-state index < -0.39 is 21.9 Å². The van der Waals surface area contributed by atoms with Gasteiger partial charge in [0.2, 0.25) is 15.9 Å². The van der Waals surface area contributed by atoms with E-state index in [9.17, 15) is 22.4 Å². The molecule has 0 aliphatic carbocycles. The second-order valence-corrected chi connectivity index (χ2v) is 9.22. The number of hydrogen-bond donors (Lipinski definition) is 0. The second kappa shape index (κ2) is 10.6. The van der Waals surface area contributed by atoms with E-state index in [2.05, 4.69) is 0 Å². The molecule has 0 aromatic heterocycles. The zero-order chi connectivity index (χ0) is 23.1. The lowest BCUT2D eigenvalue weighted by Gasteiger charge is -2.35. The molecule has 0 bridgehead atoms. The van der Waals surface area contributed by atoms with E-state index in [1.54, 1.807) is 25.1 Å². The van der Waals surface area contributed by atoms with Crippen LogP contribution in [-0.4, -0.2) is 73.9 Å². The summed E-state index contributed by atoms with van der Waals surface area (Å²) >= 11 is 0. The van der Waals surface area contributed by atoms with Crippen LogP contribution in [0.15, 0.2) is 59.5 Å². The van der Waals surface area contributed by atoms with E-state index in [4.69, 9.17) is 4.74 Å². The minimum Gasteiger partial charge on any atom is -0.450 e. The first-order chi connectivity index (χ1) is 15.3. The molecule has 1 fully saturated rings. The Kier molecular flexibility index (Phi) is 7.81. The monoisotopic (exact) mass is 463 g/mol. The van der Waals surface area contributed by atoms with Crippen LogP contribution in [0.5, 0.6) is 0 Å². The first-order valence-electron chi connectivity index (χ1n) is 10.3. The molecule has 2 amide bonds. The first kappa shape index (κ1) is 23.7. The molecule has 0 saturated carbocycles. The lowest BCUT2D eigenvalue weighted by molar-refractivity contribution is -0.133. The van der Waals surface area contributed by atoms with Crippen LogP contribution in [0.4, 0.5) is 9.18 Å². The Morgan fingerprint density at radius 3 is 2.16 bits per heavy atom. The molecule has 0 spiro atoms. The molecule has 10 heteroatoms. The van der Waals surface area contributed by atoms with Crippen molar-refractivity contribution >= 4 is 22.0 Å². The fourth-order valence-corrected chi connectivity index (χ4v) is 4.76. The maximum absolute atomic E-state index is 13.3. The summed E-state index contributed by atoms with van der Waals surface area (Å²) in [6.45, 7) is 2.75. The number of amides is 2. The SMILES string of the molecule is CCOC(=O)N1CCN(C(=O)CN(Cc2ccc(F)cc2)S(=O)(=O)c2ccccc2)CC1. The van der Waals surface area contributed by atoms with Gasteiger partial charge in [0.05, 0.1) is 18.0 Å². The topological polar surface area (TPSA) is 87.2 Å². The van der Waals surface area contributed by atoms with Gasteiger partial charge in [-0.2, -0.15) is 4.31 Å². The van der Waals surface area contributed by atoms with Gasteiger partial charge in [0, 0.05) is 32.7 Å². The van der Waals surface area contributed by atoms with E-state index in [1.165, 1.54) is 46.2 Å². The van der Waals surface area contributed by atoms with Crippen molar-refractivity contribution in [3.8, 4) is 0 Å². The number of carbonyl (C=O) groups excluding carboxylic acids is 2. The molecule has 0 N–H and O–H groups in total. The highest BCUT2D eigenvalue weighted by atomic mass is 32.2. The summed E-state index contributed by atoms with van der Waals surface area (Å²) in [6.07, 6.45) is -0.427. The maximum atomic E-state index is 13.3. The summed E-state index contributed by atoms with van der Waals surface area (Å²) < 4.78 is 45.8. The molecule has 1 saturated heterocycles. The van der Waals surface area contributed by atoms with E-state index >= 15 is 0 Å². The van der Waals surface area contributed by atoms with Crippen molar-refractivity contribution in [3.05, 3.63) is 66.0 Å². The highest BCUT2D eigenvalue weighted by molar-refractivity contribution is 7.89. The van der Waals surface area contributed by atoms with Gasteiger partial charge in [0.1, 0.15) is 5.82 Å². The Bertz CT molecular complexity index is 1020. The third-order valence-corrected chi connectivity index (χ3v) is 6.93. The largest absolute Gasteiger partial charge is 0.450 e. The van der Waals surface area contributed by atoms with E-state index in [1.807, 2.05) is 0 Å². The van der Waals surface area contributed by atoms with Crippen LogP contribution < -0.4 is 0 Å². The summed E-state index contributed by atoms with van der Waals surface area (Å²) in [5, 5.41) is 0. The van der Waals surface area contributed by atoms with Gasteiger partial charge in [-0.05, 0) is 36.8 Å². The van der Waals surface area contributed by atoms with Crippen LogP contribution in [0, 0.1) is 5.82 Å². The molecule has 172 valence electrons. The van der Waals surface area contributed by atoms with Crippen LogP contribution in [0.25, 0.3) is 0 Å². The predicted molar refractivity (Wildman–Crippen MR) is 116 cm³/mol. The molecule has 0 radical (unpaired) electrons. The summed E-state index contributed by atoms with van der Waals surface area (Å²) in [6, 6.07) is 13.3. The molecular formula is C22H26FN3O5S. The van der Waals surface area contributed by atoms with Gasteiger partial charge in [-0.15, -0.1) is 0 Å². The van der Waals surface area contributed by atoms with Gasteiger partial charge >= 0.3 is 6.09 Å². The average molecular weight is 464 g/mol. The summed E-state index contributed by atoms with van der Waals surface area (Å²) in [5.74, 6) is -0.795. The number of carbonyl (C=O) groups is 2. The number of hydrogen-bond acceptors (Lipinski definition) is 5. The number of piperazine rings is 1. The zero-order valence-corrected chi connectivity index (χ0v) is 18.6. The Labute approximate surface area is 187 Å². The molecule has 2 aromatic carbocycles. The van der Waals surface area contributed by atoms with Crippen LogP contribution in [0.1, 0.15) is 12.5 Å². The van der Waals surface area contributed by atoms with Crippen molar-refractivity contribution in [2.75, 3.05) is 39.3 Å². The summed E-state index contributed by atoms with van der Waals surface area (Å²) in [7, 11) is -3.97. The van der Waals surface area contributed by atoms with Crippen molar-refractivity contribution in [3.63, 3.8) is 0 Å². The molecule has 0 atom stereocenters. The van der Waals surface area contributed by atoms with Crippen LogP contribution in [-0.2, 0) is 26.1 Å². The van der Waals surface area contributed by atoms with Crippen LogP contribution >= 0.6 is 0 Å². The highest BCUT2D eigenvalue weighted by Gasteiger charge is 2.31. The first-order valence-corrected chi connectivity index (χ1v) is 11.7. The molecule has 1 aliphatic heterocycles. The Hall–Kier alpha value is -2.98. The quantitative estimate of drug-likeness (QED) is 0.629. The summed E-state index contributed by atoms with van der Waals surface area (Å²) in [5.41, 5.74) is 0.561. The Balaban J connectivity index is 1.74. The lowest BCUT2D eigenvalue weighted by Crippen LogP contribution is -2.53. The molecular weight excluding hydrogens is 437 g/mol. The third-order valence-electron chi connectivity index (χ3n) is 5.12. The minimum absolute atomic E-state index is 0.0713. The number of halogens is 1. The van der Waals surface area contributed by atoms with E-state index in [0.29, 0.717) is 18.7 Å². The van der Waals surface area contributed by atoms with E-state index in [0.717, 1.165) is 4.31 Å². The molecule has 2 aromatic rings. The molecule has 32 heavy (non-hydrogen) atoms. The number of ether oxygens (including phenoxy) is 1. The van der Waals surface area contributed by atoms with Gasteiger partial charge in [-0.25, -0.2) is 17.6 Å². The van der Waals surface area contributed by atoms with Crippen molar-refractivity contribution in [1.29, 1.82) is 0 Å². The van der Waals surface area contributed by atoms with Gasteiger partial charge in [0.15, 0.2) is 0 Å². The average Bonchev–Trinajstić information content (AvgIpc) is 2.80. The number of rotatable bonds is 7. The molecule has 3 rings (SSSR count). The van der Waals surface area contributed by atoms with Gasteiger partial charge < -0.3 is 14.5 Å². The maximum Gasteiger partial charge on any atom is 0.409 e. The minimum atomic E-state index is -3.97. The summed E-state index contributed by atoms with van der Waals surface area (Å²) in [4.78, 5) is 27.9. The molecule has 1 heterocycles. The normalized spacial score (nSPS) is 14.5. The molecule has 1 aliphatic rings. The zero-order valence-electron chi connectivity index (χ0n) is 17.8. The van der Waals surface area contributed by atoms with Crippen molar-refractivity contribution in [1.82, 2.24) is 14.1 Å². The van der Waals surface area contributed by atoms with Gasteiger partial charge in [-0.3, -0.25) is 4.79 Å². The predicted octanol–water partition coefficient (Wildman–Crippen LogP) is 2.32. The third kappa shape index (κ3) is 5.83. The fraction of sp³-hybridized carbons (Fsp3) is 0.364. The molecule has 0 unspecified atom stereocenters. The number of nitrogens with zero attached hydrogens (tertiary/aromatic N) is 3. The number of benzene rings is 2. The van der Waals surface area contributed by atoms with E-state index in [-0.39, 0.29) is 43.6 Å². The van der Waals surface area contributed by atoms with Crippen LogP contribution in [0.2, 0.25) is 0 Å². The molecule has 8 nitrogen and oxygen atoms in total. The van der Waals surface area contributed by atoms with Crippen LogP contribution in [0.3, 0.4) is 0 Å². The van der Waals surface area contributed by atoms with Gasteiger partial charge in [0.25, 0.3) is 0 Å². The van der Waals surface area contributed by atoms with Crippen molar-refractivity contribution in [2.45, 2.75) is 18.4 Å². The Morgan fingerprint density at radius 2 is 1.56 bits per heavy atom. The standard InChI is InChI=1S/C22H26FN3O5S/c1-2-31-22(28)25-14-12-24(13-15-25)21(27)17-26(16-18-8-10-19(23)11-9-18)32(29,30)20-6-4-3-5-7-20/h3-11H,2,12-17H2,1H3. The Morgan fingerprint density at radius 1 is 0.969 bits per heavy atom. The van der Waals surface area contributed by atoms with Crippen molar-refractivity contribution in [2.24, 2.45) is 0 Å². The second-order valence-electron chi connectivity index (χ2n) is 7.28. The van der Waals surface area contributed by atoms with Crippen molar-refractivity contribution < 1.29 is 27.1 Å². The fourth-order valence-electron chi connectivity index (χ4n) is 3.36. The highest BCUT2D eigenvalue weighted by Crippen LogP contribution is 2.19. The van der Waals surface area contributed by atoms with Gasteiger partial charge in [-0.1, -0.05) is 30.3 Å². The lowest BCUT2D eigenvalue weighted by atomic mass is 10.2.